The molecule has 1 atom stereocenters. The maximum Gasteiger partial charge on any atom is 0.246 e. The van der Waals surface area contributed by atoms with Crippen molar-refractivity contribution in [2.75, 3.05) is 39.0 Å². The minimum absolute atomic E-state index is 0.0229. The Kier molecular flexibility index (Phi) is 8.19. The molecule has 1 amide bonds. The lowest BCUT2D eigenvalue weighted by atomic mass is 10.2. The first-order chi connectivity index (χ1) is 19.7. The molecule has 1 unspecified atom stereocenters. The largest absolute Gasteiger partial charge is 0.457 e. The number of likely N-dealkylation sites (tertiary alicyclic amines) is 1. The van der Waals surface area contributed by atoms with Crippen LogP contribution in [-0.4, -0.2) is 79.1 Å². The third-order valence-corrected chi connectivity index (χ3v) is 7.35. The van der Waals surface area contributed by atoms with Gasteiger partial charge in [-0.05, 0) is 44.8 Å². The number of carbonyl (C=O) groups is 1. The minimum Gasteiger partial charge on any atom is -0.457 e. The molecule has 1 aliphatic rings. The number of nitrogens with two attached hydrogens (primary N) is 1. The number of sulfonamides is 1. The SMILES string of the molecule is CN(C)C/C=C/C(=O)N1CCC(Nc2n[nH]c3nccc(Oc4ccc(Oc5ccccc5)cc4S(N)(=O)=O)c23)C1. The second kappa shape index (κ2) is 12.0. The van der Waals surface area contributed by atoms with Gasteiger partial charge in [0.2, 0.25) is 15.9 Å². The Morgan fingerprint density at radius 2 is 1.95 bits per heavy atom. The number of nitrogens with one attached hydrogen (secondary N) is 2. The highest BCUT2D eigenvalue weighted by Gasteiger charge is 2.27. The van der Waals surface area contributed by atoms with Gasteiger partial charge in [0.05, 0.1) is 0 Å². The number of amides is 1. The van der Waals surface area contributed by atoms with Gasteiger partial charge in [0.15, 0.2) is 11.5 Å². The van der Waals surface area contributed by atoms with Crippen molar-refractivity contribution in [3.63, 3.8) is 0 Å². The summed E-state index contributed by atoms with van der Waals surface area (Å²) in [4.78, 5) is 20.4. The lowest BCUT2D eigenvalue weighted by Gasteiger charge is -2.16. The Morgan fingerprint density at radius 3 is 2.71 bits per heavy atom. The number of para-hydroxylation sites is 1. The first-order valence-electron chi connectivity index (χ1n) is 12.9. The fourth-order valence-electron chi connectivity index (χ4n) is 4.45. The number of nitrogens with zero attached hydrogens (tertiary/aromatic N) is 4. The van der Waals surface area contributed by atoms with Gasteiger partial charge in [0, 0.05) is 50.1 Å². The van der Waals surface area contributed by atoms with Gasteiger partial charge in [-0.3, -0.25) is 9.89 Å². The van der Waals surface area contributed by atoms with Gasteiger partial charge >= 0.3 is 0 Å². The molecule has 13 heteroatoms. The van der Waals surface area contributed by atoms with Gasteiger partial charge in [0.25, 0.3) is 0 Å². The third-order valence-electron chi connectivity index (χ3n) is 6.42. The standard InChI is InChI=1S/C28H31N7O5S/c1-34(2)15-6-9-25(36)35-16-13-19(18-35)31-28-26-23(12-14-30-27(26)32-33-28)40-22-11-10-21(17-24(22)41(29,37)38)39-20-7-4-3-5-8-20/h3-12,14,17,19H,13,15-16,18H2,1-2H3,(H2,29,37,38)(H2,30,31,32,33)/b9-6+. The van der Waals surface area contributed by atoms with E-state index < -0.39 is 10.0 Å². The van der Waals surface area contributed by atoms with E-state index in [0.717, 1.165) is 6.42 Å². The normalized spacial score (nSPS) is 15.6. The second-order valence-corrected chi connectivity index (χ2v) is 11.4. The molecule has 0 saturated carbocycles. The van der Waals surface area contributed by atoms with Crippen LogP contribution in [0, 0.1) is 0 Å². The van der Waals surface area contributed by atoms with Crippen LogP contribution in [0.25, 0.3) is 11.0 Å². The van der Waals surface area contributed by atoms with Crippen molar-refractivity contribution in [1.29, 1.82) is 0 Å². The van der Waals surface area contributed by atoms with Crippen molar-refractivity contribution in [2.45, 2.75) is 17.4 Å². The summed E-state index contributed by atoms with van der Waals surface area (Å²) < 4.78 is 36.9. The number of hydrogen-bond donors (Lipinski definition) is 3. The van der Waals surface area contributed by atoms with Crippen LogP contribution in [0.1, 0.15) is 6.42 Å². The van der Waals surface area contributed by atoms with Crippen LogP contribution < -0.4 is 19.9 Å². The molecule has 1 fully saturated rings. The van der Waals surface area contributed by atoms with E-state index in [1.54, 1.807) is 35.2 Å². The molecule has 1 saturated heterocycles. The van der Waals surface area contributed by atoms with E-state index in [4.69, 9.17) is 14.6 Å². The average molecular weight is 578 g/mol. The van der Waals surface area contributed by atoms with Crippen LogP contribution in [0.2, 0.25) is 0 Å². The number of rotatable bonds is 10. The Morgan fingerprint density at radius 1 is 1.15 bits per heavy atom. The average Bonchev–Trinajstić information content (AvgIpc) is 3.57. The first-order valence-corrected chi connectivity index (χ1v) is 14.5. The molecule has 5 rings (SSSR count). The van der Waals surface area contributed by atoms with E-state index in [9.17, 15) is 13.2 Å². The summed E-state index contributed by atoms with van der Waals surface area (Å²) in [7, 11) is -0.286. The lowest BCUT2D eigenvalue weighted by Crippen LogP contribution is -2.30. The number of benzene rings is 2. The van der Waals surface area contributed by atoms with Gasteiger partial charge in [-0.2, -0.15) is 5.10 Å². The van der Waals surface area contributed by atoms with Gasteiger partial charge in [-0.15, -0.1) is 0 Å². The van der Waals surface area contributed by atoms with Crippen LogP contribution >= 0.6 is 0 Å². The molecule has 41 heavy (non-hydrogen) atoms. The molecule has 1 aliphatic heterocycles. The van der Waals surface area contributed by atoms with E-state index in [1.165, 1.54) is 18.3 Å². The number of anilines is 1. The molecule has 3 heterocycles. The third kappa shape index (κ3) is 6.82. The fraction of sp³-hybridized carbons (Fsp3) is 0.250. The number of hydrogen-bond acceptors (Lipinski definition) is 9. The van der Waals surface area contributed by atoms with Gasteiger partial charge in [0.1, 0.15) is 33.3 Å². The molecule has 0 bridgehead atoms. The monoisotopic (exact) mass is 577 g/mol. The van der Waals surface area contributed by atoms with Crippen molar-refractivity contribution in [3.05, 3.63) is 72.9 Å². The highest BCUT2D eigenvalue weighted by atomic mass is 32.2. The van der Waals surface area contributed by atoms with Crippen LogP contribution in [-0.2, 0) is 14.8 Å². The fourth-order valence-corrected chi connectivity index (χ4v) is 5.13. The molecular formula is C28H31N7O5S. The van der Waals surface area contributed by atoms with Gasteiger partial charge in [-0.1, -0.05) is 24.3 Å². The molecule has 0 radical (unpaired) electrons. The summed E-state index contributed by atoms with van der Waals surface area (Å²) in [5.74, 6) is 1.62. The molecular weight excluding hydrogens is 546 g/mol. The van der Waals surface area contributed by atoms with Gasteiger partial charge < -0.3 is 24.6 Å². The lowest BCUT2D eigenvalue weighted by molar-refractivity contribution is -0.125. The Balaban J connectivity index is 1.36. The number of H-pyrrole nitrogens is 1. The zero-order valence-electron chi connectivity index (χ0n) is 22.6. The maximum atomic E-state index is 12.6. The number of carbonyl (C=O) groups excluding carboxylic acids is 1. The van der Waals surface area contributed by atoms with E-state index in [1.807, 2.05) is 43.3 Å². The van der Waals surface area contributed by atoms with Crippen LogP contribution in [0.3, 0.4) is 0 Å². The van der Waals surface area contributed by atoms with Crippen LogP contribution in [0.4, 0.5) is 5.82 Å². The first kappa shape index (κ1) is 28.1. The van der Waals surface area contributed by atoms with Crippen LogP contribution in [0.5, 0.6) is 23.0 Å². The molecule has 214 valence electrons. The summed E-state index contributed by atoms with van der Waals surface area (Å²) in [6.07, 6.45) is 5.70. The second-order valence-electron chi connectivity index (χ2n) is 9.85. The Hall–Kier alpha value is -4.46. The van der Waals surface area contributed by atoms with Crippen molar-refractivity contribution in [2.24, 2.45) is 5.14 Å². The number of ether oxygens (including phenoxy) is 2. The smallest absolute Gasteiger partial charge is 0.246 e. The highest BCUT2D eigenvalue weighted by molar-refractivity contribution is 7.89. The quantitative estimate of drug-likeness (QED) is 0.241. The number of aromatic amines is 1. The summed E-state index contributed by atoms with van der Waals surface area (Å²) in [6, 6.07) is 14.9. The topological polar surface area (TPSA) is 156 Å². The molecule has 0 aliphatic carbocycles. The summed E-state index contributed by atoms with van der Waals surface area (Å²) >= 11 is 0. The predicted octanol–water partition coefficient (Wildman–Crippen LogP) is 3.32. The minimum atomic E-state index is -4.17. The van der Waals surface area contributed by atoms with E-state index in [-0.39, 0.29) is 28.3 Å². The van der Waals surface area contributed by atoms with Gasteiger partial charge in [-0.25, -0.2) is 18.5 Å². The zero-order chi connectivity index (χ0) is 29.0. The number of primary sulfonamides is 1. The highest BCUT2D eigenvalue weighted by Crippen LogP contribution is 2.37. The maximum absolute atomic E-state index is 12.6. The number of fused-ring (bicyclic) bond motifs is 1. The van der Waals surface area contributed by atoms with Crippen molar-refractivity contribution in [1.82, 2.24) is 25.0 Å². The summed E-state index contributed by atoms with van der Waals surface area (Å²) in [5, 5.41) is 16.7. The van der Waals surface area contributed by atoms with E-state index in [0.29, 0.717) is 48.0 Å². The zero-order valence-corrected chi connectivity index (χ0v) is 23.5. The molecule has 2 aromatic heterocycles. The van der Waals surface area contributed by atoms with Crippen molar-refractivity contribution < 1.29 is 22.7 Å². The molecule has 2 aromatic carbocycles. The van der Waals surface area contributed by atoms with Crippen molar-refractivity contribution >= 4 is 32.8 Å². The number of likely N-dealkylation sites (N-methyl/N-ethyl adjacent to an activating group) is 1. The summed E-state index contributed by atoms with van der Waals surface area (Å²) in [6.45, 7) is 1.81. The predicted molar refractivity (Wildman–Crippen MR) is 155 cm³/mol. The summed E-state index contributed by atoms with van der Waals surface area (Å²) in [5.41, 5.74) is 0.448. The van der Waals surface area contributed by atoms with E-state index in [2.05, 4.69) is 20.5 Å². The molecule has 4 N–H and O–H groups in total. The Bertz CT molecular complexity index is 1670. The van der Waals surface area contributed by atoms with E-state index >= 15 is 0 Å². The Labute approximate surface area is 237 Å². The molecule has 12 nitrogen and oxygen atoms in total. The molecule has 0 spiro atoms. The number of aromatic nitrogens is 3. The van der Waals surface area contributed by atoms with Crippen LogP contribution in [0.15, 0.2) is 77.8 Å². The van der Waals surface area contributed by atoms with Crippen molar-refractivity contribution in [3.8, 4) is 23.0 Å². The number of pyridine rings is 1. The molecule has 4 aromatic rings.